The van der Waals surface area contributed by atoms with E-state index >= 15 is 0 Å². The SMILES string of the molecule is CC(C)C[C@@H](NC(=O)CCn1cnc2c(cnn2C)c1=O)c1ccccc1. The number of rotatable bonds is 7. The van der Waals surface area contributed by atoms with Gasteiger partial charge < -0.3 is 5.32 Å². The van der Waals surface area contributed by atoms with Gasteiger partial charge in [0, 0.05) is 20.0 Å². The van der Waals surface area contributed by atoms with E-state index in [2.05, 4.69) is 29.2 Å². The van der Waals surface area contributed by atoms with Crippen molar-refractivity contribution in [3.05, 3.63) is 58.8 Å². The Balaban J connectivity index is 1.68. The number of hydrogen-bond acceptors (Lipinski definition) is 4. The maximum atomic E-state index is 12.5. The lowest BCUT2D eigenvalue weighted by Gasteiger charge is -2.21. The van der Waals surface area contributed by atoms with Crippen LogP contribution >= 0.6 is 0 Å². The Bertz CT molecular complexity index is 975. The molecule has 7 heteroatoms. The molecule has 27 heavy (non-hydrogen) atoms. The Kier molecular flexibility index (Phi) is 5.69. The summed E-state index contributed by atoms with van der Waals surface area (Å²) in [4.78, 5) is 29.2. The molecule has 0 radical (unpaired) electrons. The molecular weight excluding hydrogens is 342 g/mol. The highest BCUT2D eigenvalue weighted by atomic mass is 16.2. The van der Waals surface area contributed by atoms with Crippen LogP contribution in [0.3, 0.4) is 0 Å². The van der Waals surface area contributed by atoms with E-state index in [1.807, 2.05) is 30.3 Å². The van der Waals surface area contributed by atoms with E-state index < -0.39 is 0 Å². The third-order valence-corrected chi connectivity index (χ3v) is 4.54. The van der Waals surface area contributed by atoms with Crippen LogP contribution in [0.4, 0.5) is 0 Å². The lowest BCUT2D eigenvalue weighted by atomic mass is 9.97. The number of benzene rings is 1. The first-order valence-electron chi connectivity index (χ1n) is 9.17. The fourth-order valence-electron chi connectivity index (χ4n) is 3.15. The van der Waals surface area contributed by atoms with E-state index in [-0.39, 0.29) is 30.5 Å². The van der Waals surface area contributed by atoms with Gasteiger partial charge in [-0.25, -0.2) is 4.98 Å². The maximum Gasteiger partial charge on any atom is 0.264 e. The van der Waals surface area contributed by atoms with Gasteiger partial charge in [0.05, 0.1) is 18.6 Å². The second kappa shape index (κ2) is 8.16. The van der Waals surface area contributed by atoms with Gasteiger partial charge in [0.2, 0.25) is 5.91 Å². The van der Waals surface area contributed by atoms with Crippen molar-refractivity contribution < 1.29 is 4.79 Å². The van der Waals surface area contributed by atoms with Gasteiger partial charge in [0.25, 0.3) is 5.56 Å². The van der Waals surface area contributed by atoms with Crippen molar-refractivity contribution >= 4 is 16.9 Å². The summed E-state index contributed by atoms with van der Waals surface area (Å²) in [5, 5.41) is 7.62. The first kappa shape index (κ1) is 18.8. The highest BCUT2D eigenvalue weighted by Crippen LogP contribution is 2.21. The Labute approximate surface area is 158 Å². The van der Waals surface area contributed by atoms with Crippen molar-refractivity contribution in [1.82, 2.24) is 24.6 Å². The van der Waals surface area contributed by atoms with Crippen LogP contribution in [0.5, 0.6) is 0 Å². The lowest BCUT2D eigenvalue weighted by molar-refractivity contribution is -0.122. The summed E-state index contributed by atoms with van der Waals surface area (Å²) in [6.07, 6.45) is 4.06. The number of nitrogens with zero attached hydrogens (tertiary/aromatic N) is 4. The predicted octanol–water partition coefficient (Wildman–Crippen LogP) is 2.42. The highest BCUT2D eigenvalue weighted by Gasteiger charge is 2.16. The van der Waals surface area contributed by atoms with Gasteiger partial charge in [0.1, 0.15) is 5.39 Å². The molecule has 0 aliphatic carbocycles. The van der Waals surface area contributed by atoms with Gasteiger partial charge in [0.15, 0.2) is 5.65 Å². The van der Waals surface area contributed by atoms with Crippen LogP contribution < -0.4 is 10.9 Å². The molecule has 0 unspecified atom stereocenters. The van der Waals surface area contributed by atoms with Gasteiger partial charge in [-0.15, -0.1) is 0 Å². The Morgan fingerprint density at radius 3 is 2.67 bits per heavy atom. The average Bonchev–Trinajstić information content (AvgIpc) is 3.03. The number of nitrogens with one attached hydrogen (secondary N) is 1. The molecule has 1 atom stereocenters. The van der Waals surface area contributed by atoms with Crippen molar-refractivity contribution in [3.63, 3.8) is 0 Å². The Hall–Kier alpha value is -2.96. The zero-order chi connectivity index (χ0) is 19.4. The third-order valence-electron chi connectivity index (χ3n) is 4.54. The molecule has 3 aromatic rings. The van der Waals surface area contributed by atoms with Crippen LogP contribution in [-0.2, 0) is 18.4 Å². The summed E-state index contributed by atoms with van der Waals surface area (Å²) in [5.74, 6) is 0.373. The molecule has 3 rings (SSSR count). The molecule has 0 aliphatic rings. The van der Waals surface area contributed by atoms with Gasteiger partial charge >= 0.3 is 0 Å². The molecule has 1 N–H and O–H groups in total. The molecule has 1 amide bonds. The predicted molar refractivity (Wildman–Crippen MR) is 104 cm³/mol. The van der Waals surface area contributed by atoms with Crippen molar-refractivity contribution in [2.75, 3.05) is 0 Å². The molecule has 0 bridgehead atoms. The van der Waals surface area contributed by atoms with Crippen LogP contribution in [0.1, 0.15) is 38.3 Å². The van der Waals surface area contributed by atoms with Crippen LogP contribution in [0.2, 0.25) is 0 Å². The zero-order valence-corrected chi connectivity index (χ0v) is 15.9. The van der Waals surface area contributed by atoms with Crippen LogP contribution in [-0.4, -0.2) is 25.2 Å². The fourth-order valence-corrected chi connectivity index (χ4v) is 3.15. The van der Waals surface area contributed by atoms with Crippen LogP contribution in [0.25, 0.3) is 11.0 Å². The zero-order valence-electron chi connectivity index (χ0n) is 15.9. The highest BCUT2D eigenvalue weighted by molar-refractivity contribution is 5.76. The number of fused-ring (bicyclic) bond motifs is 1. The molecule has 0 fully saturated rings. The molecule has 142 valence electrons. The van der Waals surface area contributed by atoms with Crippen molar-refractivity contribution in [3.8, 4) is 0 Å². The first-order chi connectivity index (χ1) is 13.0. The van der Waals surface area contributed by atoms with Crippen LogP contribution in [0.15, 0.2) is 47.7 Å². The number of hydrogen-bond donors (Lipinski definition) is 1. The Morgan fingerprint density at radius 1 is 1.22 bits per heavy atom. The molecule has 0 aliphatic heterocycles. The van der Waals surface area contributed by atoms with Gasteiger partial charge in [-0.05, 0) is 17.9 Å². The fraction of sp³-hybridized carbons (Fsp3) is 0.400. The third kappa shape index (κ3) is 4.42. The van der Waals surface area contributed by atoms with E-state index in [9.17, 15) is 9.59 Å². The average molecular weight is 367 g/mol. The number of amides is 1. The molecule has 1 aromatic carbocycles. The second-order valence-corrected chi connectivity index (χ2v) is 7.16. The number of carbonyl (C=O) groups is 1. The normalized spacial score (nSPS) is 12.4. The summed E-state index contributed by atoms with van der Waals surface area (Å²) in [6, 6.07) is 9.93. The van der Waals surface area contributed by atoms with E-state index in [1.54, 1.807) is 11.7 Å². The van der Waals surface area contributed by atoms with Crippen LogP contribution in [0, 0.1) is 5.92 Å². The van der Waals surface area contributed by atoms with Gasteiger partial charge in [-0.2, -0.15) is 5.10 Å². The summed E-state index contributed by atoms with van der Waals surface area (Å²) in [7, 11) is 1.74. The number of carbonyl (C=O) groups excluding carboxylic acids is 1. The number of aryl methyl sites for hydroxylation is 2. The second-order valence-electron chi connectivity index (χ2n) is 7.16. The smallest absolute Gasteiger partial charge is 0.264 e. The summed E-state index contributed by atoms with van der Waals surface area (Å²) >= 11 is 0. The standard InChI is InChI=1S/C20H25N5O2/c1-14(2)11-17(15-7-5-4-6-8-15)23-18(26)9-10-25-13-21-19-16(20(25)27)12-22-24(19)3/h4-8,12-14,17H,9-11H2,1-3H3,(H,23,26)/t17-/m1/s1. The lowest BCUT2D eigenvalue weighted by Crippen LogP contribution is -2.31. The van der Waals surface area contributed by atoms with Crippen molar-refractivity contribution in [2.24, 2.45) is 13.0 Å². The molecule has 0 spiro atoms. The van der Waals surface area contributed by atoms with Crippen molar-refractivity contribution in [1.29, 1.82) is 0 Å². The minimum Gasteiger partial charge on any atom is -0.349 e. The maximum absolute atomic E-state index is 12.5. The largest absolute Gasteiger partial charge is 0.349 e. The monoisotopic (exact) mass is 367 g/mol. The first-order valence-corrected chi connectivity index (χ1v) is 9.17. The quantitative estimate of drug-likeness (QED) is 0.695. The molecule has 2 heterocycles. The molecule has 0 saturated heterocycles. The Morgan fingerprint density at radius 2 is 1.96 bits per heavy atom. The van der Waals surface area contributed by atoms with Gasteiger partial charge in [-0.3, -0.25) is 18.8 Å². The summed E-state index contributed by atoms with van der Waals surface area (Å²) < 4.78 is 3.02. The van der Waals surface area contributed by atoms with Crippen molar-refractivity contribution in [2.45, 2.75) is 39.3 Å². The molecular formula is C20H25N5O2. The topological polar surface area (TPSA) is 81.8 Å². The van der Waals surface area contributed by atoms with E-state index in [1.165, 1.54) is 17.1 Å². The molecule has 7 nitrogen and oxygen atoms in total. The number of aromatic nitrogens is 4. The molecule has 0 saturated carbocycles. The minimum absolute atomic E-state index is 0.0330. The van der Waals surface area contributed by atoms with E-state index in [4.69, 9.17) is 0 Å². The summed E-state index contributed by atoms with van der Waals surface area (Å²) in [6.45, 7) is 4.55. The van der Waals surface area contributed by atoms with E-state index in [0.29, 0.717) is 17.0 Å². The molecule has 2 aromatic heterocycles. The van der Waals surface area contributed by atoms with E-state index in [0.717, 1.165) is 12.0 Å². The minimum atomic E-state index is -0.178. The van der Waals surface area contributed by atoms with Gasteiger partial charge in [-0.1, -0.05) is 44.2 Å². The summed E-state index contributed by atoms with van der Waals surface area (Å²) in [5.41, 5.74) is 1.46.